The van der Waals surface area contributed by atoms with Crippen LogP contribution in [0.15, 0.2) is 24.3 Å². The predicted molar refractivity (Wildman–Crippen MR) is 59.1 cm³/mol. The summed E-state index contributed by atoms with van der Waals surface area (Å²) in [5.41, 5.74) is 2.40. The Morgan fingerprint density at radius 3 is 2.93 bits per heavy atom. The van der Waals surface area contributed by atoms with Gasteiger partial charge in [0.05, 0.1) is 12.7 Å². The van der Waals surface area contributed by atoms with Crippen LogP contribution in [0.2, 0.25) is 0 Å². The molecule has 0 aliphatic heterocycles. The average Bonchev–Trinajstić information content (AvgIpc) is 2.26. The van der Waals surface area contributed by atoms with E-state index in [0.29, 0.717) is 13.0 Å². The van der Waals surface area contributed by atoms with Crippen LogP contribution < -0.4 is 5.32 Å². The molecule has 0 saturated heterocycles. The molecule has 80 valence electrons. The molecule has 0 fully saturated rings. The van der Waals surface area contributed by atoms with Gasteiger partial charge >= 0.3 is 0 Å². The van der Waals surface area contributed by atoms with Gasteiger partial charge in [-0.25, -0.2) is 0 Å². The standard InChI is InChI=1S/C12H16N2O/c1-15-10-12-5-2-4-11(8-12)9-14-7-3-6-13/h2,4-5,8,14H,3,7,9-10H2,1H3. The van der Waals surface area contributed by atoms with Crippen molar-refractivity contribution in [1.82, 2.24) is 5.32 Å². The number of hydrogen-bond donors (Lipinski definition) is 1. The maximum atomic E-state index is 8.37. The predicted octanol–water partition coefficient (Wildman–Crippen LogP) is 1.84. The van der Waals surface area contributed by atoms with Crippen molar-refractivity contribution in [2.24, 2.45) is 0 Å². The van der Waals surface area contributed by atoms with Gasteiger partial charge in [-0.3, -0.25) is 0 Å². The molecule has 0 aromatic heterocycles. The Balaban J connectivity index is 2.40. The van der Waals surface area contributed by atoms with Crippen molar-refractivity contribution in [3.8, 4) is 6.07 Å². The van der Waals surface area contributed by atoms with Gasteiger partial charge in [0.2, 0.25) is 0 Å². The quantitative estimate of drug-likeness (QED) is 0.719. The summed E-state index contributed by atoms with van der Waals surface area (Å²) >= 11 is 0. The van der Waals surface area contributed by atoms with Crippen LogP contribution in [0.5, 0.6) is 0 Å². The number of methoxy groups -OCH3 is 1. The monoisotopic (exact) mass is 204 g/mol. The number of nitrogens with zero attached hydrogens (tertiary/aromatic N) is 1. The van der Waals surface area contributed by atoms with Crippen LogP contribution in [0.4, 0.5) is 0 Å². The highest BCUT2D eigenvalue weighted by atomic mass is 16.5. The third-order valence-electron chi connectivity index (χ3n) is 2.05. The first-order valence-corrected chi connectivity index (χ1v) is 5.01. The van der Waals surface area contributed by atoms with Gasteiger partial charge in [0.1, 0.15) is 0 Å². The van der Waals surface area contributed by atoms with E-state index in [1.54, 1.807) is 7.11 Å². The molecule has 0 saturated carbocycles. The normalized spacial score (nSPS) is 9.87. The molecule has 3 heteroatoms. The Kier molecular flexibility index (Phi) is 5.46. The van der Waals surface area contributed by atoms with Gasteiger partial charge in [0.25, 0.3) is 0 Å². The number of benzene rings is 1. The van der Waals surface area contributed by atoms with E-state index in [-0.39, 0.29) is 0 Å². The Morgan fingerprint density at radius 2 is 2.20 bits per heavy atom. The van der Waals surface area contributed by atoms with Crippen LogP contribution in [0.3, 0.4) is 0 Å². The lowest BCUT2D eigenvalue weighted by Crippen LogP contribution is -2.14. The summed E-state index contributed by atoms with van der Waals surface area (Å²) in [7, 11) is 1.69. The van der Waals surface area contributed by atoms with E-state index >= 15 is 0 Å². The zero-order valence-corrected chi connectivity index (χ0v) is 8.99. The molecule has 0 heterocycles. The minimum Gasteiger partial charge on any atom is -0.380 e. The highest BCUT2D eigenvalue weighted by Gasteiger charge is 1.95. The lowest BCUT2D eigenvalue weighted by molar-refractivity contribution is 0.185. The van der Waals surface area contributed by atoms with Crippen molar-refractivity contribution >= 4 is 0 Å². The van der Waals surface area contributed by atoms with Crippen molar-refractivity contribution in [3.05, 3.63) is 35.4 Å². The minimum atomic E-state index is 0.553. The summed E-state index contributed by atoms with van der Waals surface area (Å²) in [4.78, 5) is 0. The second kappa shape index (κ2) is 6.99. The third kappa shape index (κ3) is 4.59. The largest absolute Gasteiger partial charge is 0.380 e. The maximum Gasteiger partial charge on any atom is 0.0713 e. The summed E-state index contributed by atoms with van der Waals surface area (Å²) in [6.07, 6.45) is 0.553. The molecule has 3 nitrogen and oxygen atoms in total. The van der Waals surface area contributed by atoms with Crippen molar-refractivity contribution in [2.45, 2.75) is 19.6 Å². The van der Waals surface area contributed by atoms with Crippen LogP contribution in [0.1, 0.15) is 17.5 Å². The first kappa shape index (κ1) is 11.7. The molecule has 0 amide bonds. The highest BCUT2D eigenvalue weighted by Crippen LogP contribution is 2.05. The summed E-state index contributed by atoms with van der Waals surface area (Å²) in [5, 5.41) is 11.6. The van der Waals surface area contributed by atoms with Gasteiger partial charge in [0.15, 0.2) is 0 Å². The Hall–Kier alpha value is -1.37. The van der Waals surface area contributed by atoms with Gasteiger partial charge in [0, 0.05) is 26.6 Å². The molecule has 0 atom stereocenters. The molecule has 0 unspecified atom stereocenters. The first-order valence-electron chi connectivity index (χ1n) is 5.01. The summed E-state index contributed by atoms with van der Waals surface area (Å²) < 4.78 is 5.06. The Labute approximate surface area is 90.7 Å². The number of nitrogens with one attached hydrogen (secondary N) is 1. The van der Waals surface area contributed by atoms with Crippen LogP contribution >= 0.6 is 0 Å². The SMILES string of the molecule is COCc1cccc(CNCCC#N)c1. The first-order chi connectivity index (χ1) is 7.36. The number of hydrogen-bond acceptors (Lipinski definition) is 3. The molecule has 15 heavy (non-hydrogen) atoms. The number of nitriles is 1. The van der Waals surface area contributed by atoms with Crippen molar-refractivity contribution < 1.29 is 4.74 Å². The fourth-order valence-electron chi connectivity index (χ4n) is 1.37. The number of ether oxygens (including phenoxy) is 1. The maximum absolute atomic E-state index is 8.37. The summed E-state index contributed by atoms with van der Waals surface area (Å²) in [6.45, 7) is 2.19. The Morgan fingerprint density at radius 1 is 1.40 bits per heavy atom. The lowest BCUT2D eigenvalue weighted by Gasteiger charge is -2.05. The molecule has 0 spiro atoms. The van der Waals surface area contributed by atoms with Crippen molar-refractivity contribution in [3.63, 3.8) is 0 Å². The van der Waals surface area contributed by atoms with E-state index in [1.165, 1.54) is 11.1 Å². The van der Waals surface area contributed by atoms with Gasteiger partial charge in [-0.15, -0.1) is 0 Å². The summed E-state index contributed by atoms with van der Waals surface area (Å²) in [5.74, 6) is 0. The lowest BCUT2D eigenvalue weighted by atomic mass is 10.1. The zero-order chi connectivity index (χ0) is 10.9. The van der Waals surface area contributed by atoms with Gasteiger partial charge in [-0.2, -0.15) is 5.26 Å². The molecule has 1 rings (SSSR count). The van der Waals surface area contributed by atoms with E-state index in [4.69, 9.17) is 10.00 Å². The van der Waals surface area contributed by atoms with E-state index < -0.39 is 0 Å². The van der Waals surface area contributed by atoms with Gasteiger partial charge in [-0.1, -0.05) is 24.3 Å². The second-order valence-corrected chi connectivity index (χ2v) is 3.34. The molecule has 1 N–H and O–H groups in total. The molecular weight excluding hydrogens is 188 g/mol. The molecule has 0 radical (unpaired) electrons. The van der Waals surface area contributed by atoms with Crippen LogP contribution in [-0.4, -0.2) is 13.7 Å². The van der Waals surface area contributed by atoms with Crippen LogP contribution in [0.25, 0.3) is 0 Å². The highest BCUT2D eigenvalue weighted by molar-refractivity contribution is 5.22. The Bertz CT molecular complexity index is 331. The third-order valence-corrected chi connectivity index (χ3v) is 2.05. The average molecular weight is 204 g/mol. The van der Waals surface area contributed by atoms with E-state index in [1.807, 2.05) is 12.1 Å². The smallest absolute Gasteiger partial charge is 0.0713 e. The van der Waals surface area contributed by atoms with Gasteiger partial charge in [-0.05, 0) is 11.1 Å². The van der Waals surface area contributed by atoms with Crippen LogP contribution in [-0.2, 0) is 17.9 Å². The van der Waals surface area contributed by atoms with Crippen LogP contribution in [0, 0.1) is 11.3 Å². The molecule has 1 aromatic rings. The van der Waals surface area contributed by atoms with E-state index in [0.717, 1.165) is 13.1 Å². The molecule has 1 aromatic carbocycles. The van der Waals surface area contributed by atoms with E-state index in [9.17, 15) is 0 Å². The fraction of sp³-hybridized carbons (Fsp3) is 0.417. The molecule has 0 aliphatic rings. The van der Waals surface area contributed by atoms with Crippen molar-refractivity contribution in [2.75, 3.05) is 13.7 Å². The second-order valence-electron chi connectivity index (χ2n) is 3.34. The number of rotatable bonds is 6. The summed E-state index contributed by atoms with van der Waals surface area (Å²) in [6, 6.07) is 10.4. The zero-order valence-electron chi connectivity index (χ0n) is 8.99. The topological polar surface area (TPSA) is 45.0 Å². The molecule has 0 aliphatic carbocycles. The van der Waals surface area contributed by atoms with Crippen molar-refractivity contribution in [1.29, 1.82) is 5.26 Å². The van der Waals surface area contributed by atoms with Gasteiger partial charge < -0.3 is 10.1 Å². The minimum absolute atomic E-state index is 0.553. The fourth-order valence-corrected chi connectivity index (χ4v) is 1.37. The molecular formula is C12H16N2O. The van der Waals surface area contributed by atoms with E-state index in [2.05, 4.69) is 23.5 Å². The molecule has 0 bridgehead atoms.